The molecule has 0 amide bonds. The molecule has 0 saturated carbocycles. The number of piperidine rings is 1. The summed E-state index contributed by atoms with van der Waals surface area (Å²) in [6.07, 6.45) is 2.54. The van der Waals surface area contributed by atoms with Crippen LogP contribution in [0.2, 0.25) is 4.47 Å². The van der Waals surface area contributed by atoms with Crippen molar-refractivity contribution >= 4 is 22.9 Å². The molecule has 0 aromatic carbocycles. The summed E-state index contributed by atoms with van der Waals surface area (Å²) in [5.41, 5.74) is 0. The summed E-state index contributed by atoms with van der Waals surface area (Å²) in [7, 11) is 2.02. The molecule has 2 heterocycles. The molecule has 1 fully saturated rings. The van der Waals surface area contributed by atoms with Crippen LogP contribution >= 0.6 is 22.9 Å². The van der Waals surface area contributed by atoms with Crippen LogP contribution in [-0.4, -0.2) is 41.8 Å². The summed E-state index contributed by atoms with van der Waals surface area (Å²) in [6, 6.07) is 0. The Balaban J connectivity index is 1.77. The Morgan fingerprint density at radius 1 is 1.44 bits per heavy atom. The van der Waals surface area contributed by atoms with Gasteiger partial charge < -0.3 is 5.32 Å². The Hall–Kier alpha value is -0.230. The minimum Gasteiger partial charge on any atom is -0.319 e. The van der Waals surface area contributed by atoms with Gasteiger partial charge >= 0.3 is 0 Å². The molecule has 0 unspecified atom stereocenters. The fourth-order valence-electron chi connectivity index (χ4n) is 2.13. The van der Waals surface area contributed by atoms with E-state index in [1.165, 1.54) is 24.2 Å². The van der Waals surface area contributed by atoms with E-state index in [1.807, 2.05) is 7.05 Å². The van der Waals surface area contributed by atoms with E-state index in [-0.39, 0.29) is 0 Å². The maximum atomic E-state index is 5.76. The van der Waals surface area contributed by atoms with Crippen LogP contribution in [-0.2, 0) is 6.54 Å². The van der Waals surface area contributed by atoms with Gasteiger partial charge in [-0.1, -0.05) is 11.3 Å². The molecular weight excluding hydrogens is 244 g/mol. The predicted molar refractivity (Wildman–Crippen MR) is 66.8 cm³/mol. The average Bonchev–Trinajstić information content (AvgIpc) is 2.67. The molecule has 0 bridgehead atoms. The van der Waals surface area contributed by atoms with Gasteiger partial charge in [0.2, 0.25) is 4.47 Å². The SMILES string of the molecule is CNCC1CCN(Cc2nnc(Cl)s2)CC1. The van der Waals surface area contributed by atoms with Gasteiger partial charge in [-0.15, -0.1) is 10.2 Å². The minimum absolute atomic E-state index is 0.542. The van der Waals surface area contributed by atoms with E-state index in [0.717, 1.165) is 37.1 Å². The van der Waals surface area contributed by atoms with Crippen LogP contribution in [0.25, 0.3) is 0 Å². The highest BCUT2D eigenvalue weighted by atomic mass is 35.5. The number of nitrogens with one attached hydrogen (secondary N) is 1. The van der Waals surface area contributed by atoms with Gasteiger partial charge in [0.25, 0.3) is 0 Å². The van der Waals surface area contributed by atoms with Crippen molar-refractivity contribution in [2.24, 2.45) is 5.92 Å². The third-order valence-electron chi connectivity index (χ3n) is 3.00. The first-order valence-corrected chi connectivity index (χ1v) is 6.82. The second-order valence-electron chi connectivity index (χ2n) is 4.23. The van der Waals surface area contributed by atoms with Crippen molar-refractivity contribution in [1.29, 1.82) is 0 Å². The van der Waals surface area contributed by atoms with E-state index < -0.39 is 0 Å². The van der Waals surface area contributed by atoms with E-state index in [2.05, 4.69) is 20.4 Å². The van der Waals surface area contributed by atoms with Crippen LogP contribution < -0.4 is 5.32 Å². The summed E-state index contributed by atoms with van der Waals surface area (Å²) < 4.78 is 0.542. The minimum atomic E-state index is 0.542. The fraction of sp³-hybridized carbons (Fsp3) is 0.800. The number of hydrogen-bond donors (Lipinski definition) is 1. The van der Waals surface area contributed by atoms with Gasteiger partial charge in [0.05, 0.1) is 6.54 Å². The summed E-state index contributed by atoms with van der Waals surface area (Å²) in [5.74, 6) is 0.833. The van der Waals surface area contributed by atoms with Gasteiger partial charge in [-0.25, -0.2) is 0 Å². The van der Waals surface area contributed by atoms with Gasteiger partial charge in [-0.05, 0) is 57.0 Å². The number of aromatic nitrogens is 2. The normalized spacial score (nSPS) is 19.1. The average molecular weight is 261 g/mol. The number of likely N-dealkylation sites (tertiary alicyclic amines) is 1. The molecule has 4 nitrogen and oxygen atoms in total. The number of rotatable bonds is 4. The second kappa shape index (κ2) is 5.91. The zero-order chi connectivity index (χ0) is 11.4. The van der Waals surface area contributed by atoms with Crippen LogP contribution in [0.15, 0.2) is 0 Å². The predicted octanol–water partition coefficient (Wildman–Crippen LogP) is 1.62. The lowest BCUT2D eigenvalue weighted by Crippen LogP contribution is -2.36. The Morgan fingerprint density at radius 3 is 2.75 bits per heavy atom. The van der Waals surface area contributed by atoms with Crippen LogP contribution in [0.5, 0.6) is 0 Å². The smallest absolute Gasteiger partial charge is 0.207 e. The maximum absolute atomic E-state index is 5.76. The summed E-state index contributed by atoms with van der Waals surface area (Å²) >= 11 is 7.24. The molecule has 1 aliphatic heterocycles. The lowest BCUT2D eigenvalue weighted by molar-refractivity contribution is 0.176. The molecular formula is C10H17ClN4S. The summed E-state index contributed by atoms with van der Waals surface area (Å²) in [4.78, 5) is 2.43. The quantitative estimate of drug-likeness (QED) is 0.893. The topological polar surface area (TPSA) is 41.0 Å². The molecule has 1 aliphatic rings. The van der Waals surface area contributed by atoms with Crippen molar-refractivity contribution in [3.8, 4) is 0 Å². The highest BCUT2D eigenvalue weighted by molar-refractivity contribution is 7.15. The maximum Gasteiger partial charge on any atom is 0.207 e. The van der Waals surface area contributed by atoms with Gasteiger partial charge in [-0.2, -0.15) is 0 Å². The van der Waals surface area contributed by atoms with Gasteiger partial charge in [-0.3, -0.25) is 4.90 Å². The summed E-state index contributed by atoms with van der Waals surface area (Å²) in [5, 5.41) is 12.1. The van der Waals surface area contributed by atoms with Crippen molar-refractivity contribution in [1.82, 2.24) is 20.4 Å². The molecule has 1 aromatic heterocycles. The Kier molecular flexibility index (Phi) is 4.52. The molecule has 1 N–H and O–H groups in total. The zero-order valence-electron chi connectivity index (χ0n) is 9.45. The lowest BCUT2D eigenvalue weighted by Gasteiger charge is -2.31. The number of hydrogen-bond acceptors (Lipinski definition) is 5. The van der Waals surface area contributed by atoms with Crippen LogP contribution in [0, 0.1) is 5.92 Å². The van der Waals surface area contributed by atoms with E-state index in [1.54, 1.807) is 0 Å². The highest BCUT2D eigenvalue weighted by Gasteiger charge is 2.19. The number of nitrogens with zero attached hydrogens (tertiary/aromatic N) is 3. The molecule has 1 saturated heterocycles. The first kappa shape index (κ1) is 12.2. The Labute approximate surface area is 105 Å². The van der Waals surface area contributed by atoms with Crippen molar-refractivity contribution in [3.05, 3.63) is 9.47 Å². The van der Waals surface area contributed by atoms with Crippen LogP contribution in [0.4, 0.5) is 0 Å². The molecule has 2 rings (SSSR count). The van der Waals surface area contributed by atoms with E-state index in [0.29, 0.717) is 4.47 Å². The van der Waals surface area contributed by atoms with Gasteiger partial charge in [0.1, 0.15) is 5.01 Å². The monoisotopic (exact) mass is 260 g/mol. The first-order valence-electron chi connectivity index (χ1n) is 5.62. The molecule has 6 heteroatoms. The second-order valence-corrected chi connectivity index (χ2v) is 5.87. The molecule has 0 aliphatic carbocycles. The van der Waals surface area contributed by atoms with Crippen molar-refractivity contribution in [2.45, 2.75) is 19.4 Å². The molecule has 1 aromatic rings. The van der Waals surface area contributed by atoms with Crippen molar-refractivity contribution in [2.75, 3.05) is 26.7 Å². The standard InChI is InChI=1S/C10H17ClN4S/c1-12-6-8-2-4-15(5-3-8)7-9-13-14-10(11)16-9/h8,12H,2-7H2,1H3. The Morgan fingerprint density at radius 2 is 2.19 bits per heavy atom. The highest BCUT2D eigenvalue weighted by Crippen LogP contribution is 2.21. The van der Waals surface area contributed by atoms with Crippen molar-refractivity contribution in [3.63, 3.8) is 0 Å². The zero-order valence-corrected chi connectivity index (χ0v) is 11.0. The van der Waals surface area contributed by atoms with Crippen molar-refractivity contribution < 1.29 is 0 Å². The van der Waals surface area contributed by atoms with Gasteiger partial charge in [0, 0.05) is 0 Å². The summed E-state index contributed by atoms with van der Waals surface area (Å²) in [6.45, 7) is 4.35. The van der Waals surface area contributed by atoms with E-state index in [9.17, 15) is 0 Å². The fourth-order valence-corrected chi connectivity index (χ4v) is 3.04. The molecule has 0 radical (unpaired) electrons. The van der Waals surface area contributed by atoms with Gasteiger partial charge in [0.15, 0.2) is 0 Å². The molecule has 0 spiro atoms. The van der Waals surface area contributed by atoms with E-state index >= 15 is 0 Å². The molecule has 16 heavy (non-hydrogen) atoms. The Bertz CT molecular complexity index is 322. The molecule has 0 atom stereocenters. The van der Waals surface area contributed by atoms with Crippen LogP contribution in [0.1, 0.15) is 17.8 Å². The van der Waals surface area contributed by atoms with Crippen LogP contribution in [0.3, 0.4) is 0 Å². The number of halogens is 1. The third kappa shape index (κ3) is 3.38. The van der Waals surface area contributed by atoms with E-state index in [4.69, 9.17) is 11.6 Å². The first-order chi connectivity index (χ1) is 7.78. The molecule has 90 valence electrons. The largest absolute Gasteiger partial charge is 0.319 e. The third-order valence-corrected chi connectivity index (χ3v) is 4.00. The lowest BCUT2D eigenvalue weighted by atomic mass is 9.97.